The maximum atomic E-state index is 12.5. The van der Waals surface area contributed by atoms with Gasteiger partial charge in [-0.2, -0.15) is 0 Å². The van der Waals surface area contributed by atoms with Gasteiger partial charge >= 0.3 is 5.97 Å². The van der Waals surface area contributed by atoms with Crippen LogP contribution in [0.3, 0.4) is 0 Å². The Morgan fingerprint density at radius 1 is 1.26 bits per heavy atom. The van der Waals surface area contributed by atoms with Crippen LogP contribution in [0.15, 0.2) is 36.4 Å². The number of carbonyl (C=O) groups is 3. The molecule has 0 spiro atoms. The molecule has 8 nitrogen and oxygen atoms in total. The molecular formula is C19H21N3O5. The van der Waals surface area contributed by atoms with Gasteiger partial charge < -0.3 is 20.4 Å². The molecule has 2 heterocycles. The number of fused-ring (bicyclic) bond motifs is 1. The predicted molar refractivity (Wildman–Crippen MR) is 96.8 cm³/mol. The van der Waals surface area contributed by atoms with Crippen molar-refractivity contribution in [3.05, 3.63) is 42.1 Å². The first-order valence-corrected chi connectivity index (χ1v) is 8.68. The number of rotatable bonds is 5. The van der Waals surface area contributed by atoms with E-state index < -0.39 is 30.1 Å². The van der Waals surface area contributed by atoms with Crippen LogP contribution in [0.4, 0.5) is 0 Å². The third-order valence-electron chi connectivity index (χ3n) is 4.67. The van der Waals surface area contributed by atoms with Gasteiger partial charge in [-0.1, -0.05) is 24.3 Å². The van der Waals surface area contributed by atoms with Gasteiger partial charge in [-0.25, -0.2) is 4.79 Å². The molecule has 1 aromatic heterocycles. The van der Waals surface area contributed by atoms with E-state index in [1.54, 1.807) is 6.07 Å². The first kappa shape index (κ1) is 18.8. The van der Waals surface area contributed by atoms with Gasteiger partial charge in [0.15, 0.2) is 0 Å². The number of aliphatic hydroxyl groups is 1. The lowest BCUT2D eigenvalue weighted by molar-refractivity contribution is -0.143. The van der Waals surface area contributed by atoms with Crippen molar-refractivity contribution in [1.29, 1.82) is 0 Å². The number of hydrogen-bond acceptors (Lipinski definition) is 5. The van der Waals surface area contributed by atoms with Crippen molar-refractivity contribution < 1.29 is 24.6 Å². The van der Waals surface area contributed by atoms with Crippen LogP contribution in [0.5, 0.6) is 0 Å². The average Bonchev–Trinajstić information content (AvgIpc) is 3.03. The smallest absolute Gasteiger partial charge is 0.326 e. The zero-order valence-electron chi connectivity index (χ0n) is 14.8. The lowest BCUT2D eigenvalue weighted by Crippen LogP contribution is -2.51. The SMILES string of the molecule is CC(=O)N1C[C@H](O)C[C@H]1C(=O)N[C@@H](Cc1ccc2ccccc2n1)C(=O)O. The fraction of sp³-hybridized carbons (Fsp3) is 0.368. The Kier molecular flexibility index (Phi) is 5.36. The molecule has 3 rings (SSSR count). The number of aromatic nitrogens is 1. The number of aliphatic hydroxyl groups excluding tert-OH is 1. The predicted octanol–water partition coefficient (Wildman–Crippen LogP) is 0.328. The van der Waals surface area contributed by atoms with Gasteiger partial charge in [0.25, 0.3) is 0 Å². The molecule has 3 N–H and O–H groups in total. The number of benzene rings is 1. The molecule has 8 heteroatoms. The number of β-amino-alcohol motifs (C(OH)–C–C–N with tert-alkyl or cyclic N) is 1. The maximum Gasteiger partial charge on any atom is 0.326 e. The highest BCUT2D eigenvalue weighted by atomic mass is 16.4. The number of hydrogen-bond donors (Lipinski definition) is 3. The molecule has 142 valence electrons. The summed E-state index contributed by atoms with van der Waals surface area (Å²) < 4.78 is 0. The molecule has 1 aliphatic rings. The number of nitrogens with zero attached hydrogens (tertiary/aromatic N) is 2. The van der Waals surface area contributed by atoms with Crippen molar-refractivity contribution in [2.24, 2.45) is 0 Å². The van der Waals surface area contributed by atoms with Gasteiger partial charge in [0.1, 0.15) is 12.1 Å². The standard InChI is InChI=1S/C19H21N3O5/c1-11(23)22-10-14(24)9-17(22)18(25)21-16(19(26)27)8-13-7-6-12-4-2-3-5-15(12)20-13/h2-7,14,16-17,24H,8-10H2,1H3,(H,21,25)(H,26,27)/t14-,16+,17+/m1/s1. The van der Waals surface area contributed by atoms with E-state index >= 15 is 0 Å². The highest BCUT2D eigenvalue weighted by Gasteiger charge is 2.38. The molecule has 2 aromatic rings. The second-order valence-electron chi connectivity index (χ2n) is 6.68. The van der Waals surface area contributed by atoms with Crippen molar-refractivity contribution in [3.63, 3.8) is 0 Å². The molecule has 0 unspecified atom stereocenters. The summed E-state index contributed by atoms with van der Waals surface area (Å²) >= 11 is 0. The van der Waals surface area contributed by atoms with Crippen molar-refractivity contribution in [2.45, 2.75) is 38.0 Å². The number of carboxylic acids is 1. The summed E-state index contributed by atoms with van der Waals surface area (Å²) in [4.78, 5) is 41.5. The van der Waals surface area contributed by atoms with Crippen LogP contribution in [0.25, 0.3) is 10.9 Å². The van der Waals surface area contributed by atoms with Crippen LogP contribution in [0, 0.1) is 0 Å². The molecule has 0 bridgehead atoms. The van der Waals surface area contributed by atoms with Crippen LogP contribution in [-0.4, -0.2) is 62.6 Å². The van der Waals surface area contributed by atoms with Crippen molar-refractivity contribution in [2.75, 3.05) is 6.54 Å². The molecule has 0 saturated carbocycles. The molecule has 1 aliphatic heterocycles. The number of pyridine rings is 1. The van der Waals surface area contributed by atoms with Gasteiger partial charge in [0.2, 0.25) is 11.8 Å². The number of aliphatic carboxylic acids is 1. The van der Waals surface area contributed by atoms with Gasteiger partial charge in [0, 0.05) is 37.4 Å². The molecule has 1 saturated heterocycles. The maximum absolute atomic E-state index is 12.5. The first-order valence-electron chi connectivity index (χ1n) is 8.68. The van der Waals surface area contributed by atoms with Gasteiger partial charge in [-0.15, -0.1) is 0 Å². The Hall–Kier alpha value is -3.00. The van der Waals surface area contributed by atoms with E-state index in [1.165, 1.54) is 11.8 Å². The lowest BCUT2D eigenvalue weighted by atomic mass is 10.1. The zero-order chi connectivity index (χ0) is 19.6. The Labute approximate surface area is 155 Å². The third-order valence-corrected chi connectivity index (χ3v) is 4.67. The van der Waals surface area contributed by atoms with Gasteiger partial charge in [-0.05, 0) is 12.1 Å². The summed E-state index contributed by atoms with van der Waals surface area (Å²) in [5.41, 5.74) is 1.28. The molecule has 0 aliphatic carbocycles. The van der Waals surface area contributed by atoms with Crippen LogP contribution >= 0.6 is 0 Å². The summed E-state index contributed by atoms with van der Waals surface area (Å²) in [5, 5.41) is 22.7. The summed E-state index contributed by atoms with van der Waals surface area (Å²) in [6, 6.07) is 9.00. The second kappa shape index (κ2) is 7.71. The minimum atomic E-state index is -1.19. The van der Waals surface area contributed by atoms with Crippen molar-refractivity contribution in [1.82, 2.24) is 15.2 Å². The van der Waals surface area contributed by atoms with Crippen molar-refractivity contribution in [3.8, 4) is 0 Å². The third kappa shape index (κ3) is 4.22. The summed E-state index contributed by atoms with van der Waals surface area (Å²) in [5.74, 6) is -2.11. The molecule has 1 aromatic carbocycles. The quantitative estimate of drug-likeness (QED) is 0.697. The van der Waals surface area contributed by atoms with E-state index in [0.29, 0.717) is 5.69 Å². The Balaban J connectivity index is 1.74. The topological polar surface area (TPSA) is 120 Å². The monoisotopic (exact) mass is 371 g/mol. The fourth-order valence-electron chi connectivity index (χ4n) is 3.31. The van der Waals surface area contributed by atoms with Gasteiger partial charge in [-0.3, -0.25) is 14.6 Å². The zero-order valence-corrected chi connectivity index (χ0v) is 14.8. The van der Waals surface area contributed by atoms with Crippen molar-refractivity contribution >= 4 is 28.7 Å². The highest BCUT2D eigenvalue weighted by molar-refractivity contribution is 5.90. The second-order valence-corrected chi connectivity index (χ2v) is 6.68. The first-order chi connectivity index (χ1) is 12.8. The lowest BCUT2D eigenvalue weighted by Gasteiger charge is -2.24. The Bertz CT molecular complexity index is 885. The molecule has 2 amide bonds. The number of carbonyl (C=O) groups excluding carboxylic acids is 2. The summed E-state index contributed by atoms with van der Waals surface area (Å²) in [7, 11) is 0. The van der Waals surface area contributed by atoms with Crippen LogP contribution in [0.1, 0.15) is 19.0 Å². The number of amides is 2. The van der Waals surface area contributed by atoms with Crippen LogP contribution in [0.2, 0.25) is 0 Å². The number of likely N-dealkylation sites (tertiary alicyclic amines) is 1. The van der Waals surface area contributed by atoms with E-state index in [2.05, 4.69) is 10.3 Å². The van der Waals surface area contributed by atoms with E-state index in [9.17, 15) is 24.6 Å². The molecular weight excluding hydrogens is 350 g/mol. The van der Waals surface area contributed by atoms with Gasteiger partial charge in [0.05, 0.1) is 11.6 Å². The fourth-order valence-corrected chi connectivity index (χ4v) is 3.31. The number of nitrogens with one attached hydrogen (secondary N) is 1. The minimum Gasteiger partial charge on any atom is -0.480 e. The molecule has 27 heavy (non-hydrogen) atoms. The number of para-hydroxylation sites is 1. The Morgan fingerprint density at radius 2 is 2.00 bits per heavy atom. The van der Waals surface area contributed by atoms with Crippen LogP contribution < -0.4 is 5.32 Å². The van der Waals surface area contributed by atoms with E-state index in [4.69, 9.17) is 0 Å². The number of carboxylic acid groups (broad SMARTS) is 1. The normalized spacial score (nSPS) is 20.4. The summed E-state index contributed by atoms with van der Waals surface area (Å²) in [6.07, 6.45) is -0.692. The largest absolute Gasteiger partial charge is 0.480 e. The molecule has 1 fully saturated rings. The minimum absolute atomic E-state index is 0.0151. The van der Waals surface area contributed by atoms with E-state index in [-0.39, 0.29) is 25.3 Å². The van der Waals surface area contributed by atoms with Crippen LogP contribution in [-0.2, 0) is 20.8 Å². The molecule has 3 atom stereocenters. The molecule has 0 radical (unpaired) electrons. The highest BCUT2D eigenvalue weighted by Crippen LogP contribution is 2.19. The Morgan fingerprint density at radius 3 is 2.70 bits per heavy atom. The summed E-state index contributed by atoms with van der Waals surface area (Å²) in [6.45, 7) is 1.38. The average molecular weight is 371 g/mol. The van der Waals surface area contributed by atoms with E-state index in [1.807, 2.05) is 30.3 Å². The van der Waals surface area contributed by atoms with E-state index in [0.717, 1.165) is 10.9 Å².